The van der Waals surface area contributed by atoms with E-state index in [4.69, 9.17) is 0 Å². The van der Waals surface area contributed by atoms with Gasteiger partial charge in [-0.05, 0) is 6.92 Å². The fraction of sp³-hybridized carbons (Fsp3) is 0.750. The summed E-state index contributed by atoms with van der Waals surface area (Å²) in [6.45, 7) is 2.25. The Hall–Kier alpha value is -1.41. The number of hydrogen-bond donors (Lipinski definition) is 2. The third-order valence-electron chi connectivity index (χ3n) is 1.38. The van der Waals surface area contributed by atoms with Crippen molar-refractivity contribution < 1.29 is 5.03 Å². The topological polar surface area (TPSA) is 86.0 Å². The van der Waals surface area contributed by atoms with E-state index < -0.39 is 5.03 Å². The highest BCUT2D eigenvalue weighted by atomic mass is 16.7. The number of hydrogen-bond acceptors (Lipinski definition) is 5. The van der Waals surface area contributed by atoms with Gasteiger partial charge < -0.3 is 0 Å². The van der Waals surface area contributed by atoms with Gasteiger partial charge in [0.05, 0.1) is 0 Å². The van der Waals surface area contributed by atoms with Crippen molar-refractivity contribution in [3.05, 3.63) is 10.1 Å². The second-order valence-electron chi connectivity index (χ2n) is 2.03. The second-order valence-corrected chi connectivity index (χ2v) is 2.03. The quantitative estimate of drug-likeness (QED) is 0.401. The SMILES string of the molecule is CCN1NNC(=NC)N1[N+](=O)[O-]. The van der Waals surface area contributed by atoms with Crippen LogP contribution in [0.4, 0.5) is 0 Å². The summed E-state index contributed by atoms with van der Waals surface area (Å²) in [7, 11) is 1.47. The Bertz CT molecular complexity index is 216. The summed E-state index contributed by atoms with van der Waals surface area (Å²) in [5, 5.41) is 12.0. The van der Waals surface area contributed by atoms with Crippen LogP contribution in [-0.2, 0) is 0 Å². The highest BCUT2D eigenvalue weighted by molar-refractivity contribution is 5.78. The van der Waals surface area contributed by atoms with E-state index in [1.807, 2.05) is 0 Å². The lowest BCUT2D eigenvalue weighted by molar-refractivity contribution is -0.671. The van der Waals surface area contributed by atoms with Gasteiger partial charge in [0.15, 0.2) is 5.03 Å². The van der Waals surface area contributed by atoms with E-state index in [2.05, 4.69) is 16.0 Å². The standard InChI is InChI=1S/C4H10N6O2/c1-3-8-7-6-4(5-2)9(8)10(11)12/h7H,3H2,1-2H3,(H,5,6). The number of nitro groups is 1. The molecule has 0 unspecified atom stereocenters. The predicted molar refractivity (Wildman–Crippen MR) is 40.8 cm³/mol. The molecule has 0 atom stereocenters. The summed E-state index contributed by atoms with van der Waals surface area (Å²) < 4.78 is 0. The van der Waals surface area contributed by atoms with E-state index in [9.17, 15) is 10.1 Å². The lowest BCUT2D eigenvalue weighted by Gasteiger charge is -2.13. The van der Waals surface area contributed by atoms with Gasteiger partial charge in [0.2, 0.25) is 0 Å². The van der Waals surface area contributed by atoms with Crippen LogP contribution in [0, 0.1) is 10.1 Å². The molecule has 0 spiro atoms. The van der Waals surface area contributed by atoms with Crippen LogP contribution in [0.25, 0.3) is 0 Å². The first-order valence-corrected chi connectivity index (χ1v) is 3.41. The molecule has 0 aromatic rings. The van der Waals surface area contributed by atoms with Crippen LogP contribution in [0.2, 0.25) is 0 Å². The fourth-order valence-electron chi connectivity index (χ4n) is 0.850. The van der Waals surface area contributed by atoms with E-state index in [1.54, 1.807) is 6.92 Å². The van der Waals surface area contributed by atoms with Gasteiger partial charge in [0.1, 0.15) is 0 Å². The van der Waals surface area contributed by atoms with Crippen LogP contribution in [-0.4, -0.2) is 34.8 Å². The third kappa shape index (κ3) is 1.29. The van der Waals surface area contributed by atoms with Gasteiger partial charge in [-0.15, -0.1) is 5.53 Å². The van der Waals surface area contributed by atoms with Crippen LogP contribution in [0.1, 0.15) is 6.92 Å². The van der Waals surface area contributed by atoms with E-state index in [-0.39, 0.29) is 5.96 Å². The van der Waals surface area contributed by atoms with Crippen molar-refractivity contribution in [1.82, 2.24) is 21.2 Å². The largest absolute Gasteiger partial charge is 0.294 e. The van der Waals surface area contributed by atoms with Crippen LogP contribution in [0.15, 0.2) is 4.99 Å². The molecule has 8 heteroatoms. The first kappa shape index (κ1) is 8.68. The Kier molecular flexibility index (Phi) is 2.41. The molecule has 0 aliphatic carbocycles. The summed E-state index contributed by atoms with van der Waals surface area (Å²) in [5.74, 6) is 0.168. The fourth-order valence-corrected chi connectivity index (χ4v) is 0.850. The highest BCUT2D eigenvalue weighted by Gasteiger charge is 2.34. The van der Waals surface area contributed by atoms with Gasteiger partial charge in [0.25, 0.3) is 5.96 Å². The van der Waals surface area contributed by atoms with Crippen LogP contribution in [0.5, 0.6) is 0 Å². The summed E-state index contributed by atoms with van der Waals surface area (Å²) in [6, 6.07) is 0. The molecule has 8 nitrogen and oxygen atoms in total. The summed E-state index contributed by atoms with van der Waals surface area (Å²) >= 11 is 0. The van der Waals surface area contributed by atoms with Crippen molar-refractivity contribution in [2.45, 2.75) is 6.92 Å². The zero-order valence-electron chi connectivity index (χ0n) is 6.81. The minimum absolute atomic E-state index is 0.168. The monoisotopic (exact) mass is 174 g/mol. The van der Waals surface area contributed by atoms with Crippen molar-refractivity contribution in [1.29, 1.82) is 0 Å². The number of aliphatic imine (C=N–C) groups is 1. The zero-order chi connectivity index (χ0) is 9.14. The van der Waals surface area contributed by atoms with Gasteiger partial charge in [0, 0.05) is 18.7 Å². The Morgan fingerprint density at radius 2 is 2.42 bits per heavy atom. The van der Waals surface area contributed by atoms with E-state index in [1.165, 1.54) is 12.2 Å². The summed E-state index contributed by atoms with van der Waals surface area (Å²) in [6.07, 6.45) is 0. The Morgan fingerprint density at radius 1 is 1.75 bits per heavy atom. The first-order valence-electron chi connectivity index (χ1n) is 3.41. The van der Waals surface area contributed by atoms with E-state index >= 15 is 0 Å². The molecule has 0 saturated carbocycles. The minimum atomic E-state index is -0.557. The normalized spacial score (nSPS) is 21.5. The Balaban J connectivity index is 2.80. The average Bonchev–Trinajstić information content (AvgIpc) is 2.46. The van der Waals surface area contributed by atoms with Crippen LogP contribution >= 0.6 is 0 Å². The molecule has 0 aromatic carbocycles. The zero-order valence-corrected chi connectivity index (χ0v) is 6.81. The molecule has 1 aliphatic heterocycles. The molecule has 1 fully saturated rings. The maximum absolute atomic E-state index is 10.5. The van der Waals surface area contributed by atoms with Crippen LogP contribution < -0.4 is 11.0 Å². The second kappa shape index (κ2) is 3.32. The van der Waals surface area contributed by atoms with Crippen molar-refractivity contribution >= 4 is 5.96 Å². The molecule has 68 valence electrons. The smallest absolute Gasteiger partial charge is 0.270 e. The third-order valence-corrected chi connectivity index (χ3v) is 1.38. The van der Waals surface area contributed by atoms with Gasteiger partial charge in [-0.3, -0.25) is 5.43 Å². The number of nitrogens with zero attached hydrogens (tertiary/aromatic N) is 4. The van der Waals surface area contributed by atoms with Crippen molar-refractivity contribution in [3.8, 4) is 0 Å². The summed E-state index contributed by atoms with van der Waals surface area (Å²) in [5.41, 5.74) is 5.12. The predicted octanol–water partition coefficient (Wildman–Crippen LogP) is -1.27. The average molecular weight is 174 g/mol. The lowest BCUT2D eigenvalue weighted by Crippen LogP contribution is -2.46. The molecular weight excluding hydrogens is 164 g/mol. The maximum Gasteiger partial charge on any atom is 0.294 e. The molecule has 1 saturated heterocycles. The molecule has 2 N–H and O–H groups in total. The van der Waals surface area contributed by atoms with E-state index in [0.29, 0.717) is 6.54 Å². The van der Waals surface area contributed by atoms with Crippen LogP contribution in [0.3, 0.4) is 0 Å². The Morgan fingerprint density at radius 3 is 2.83 bits per heavy atom. The van der Waals surface area contributed by atoms with Crippen molar-refractivity contribution in [2.24, 2.45) is 4.99 Å². The lowest BCUT2D eigenvalue weighted by atomic mass is 10.8. The van der Waals surface area contributed by atoms with Crippen molar-refractivity contribution in [2.75, 3.05) is 13.6 Å². The highest BCUT2D eigenvalue weighted by Crippen LogP contribution is 1.99. The van der Waals surface area contributed by atoms with E-state index in [0.717, 1.165) is 5.12 Å². The molecule has 1 aliphatic rings. The minimum Gasteiger partial charge on any atom is -0.270 e. The molecule has 0 bridgehead atoms. The number of guanidine groups is 1. The molecule has 1 rings (SSSR count). The molecule has 0 aromatic heterocycles. The first-order chi connectivity index (χ1) is 5.70. The van der Waals surface area contributed by atoms with Gasteiger partial charge >= 0.3 is 0 Å². The molecule has 0 radical (unpaired) electrons. The molecule has 1 heterocycles. The Labute approximate surface area is 68.9 Å². The number of hydrazine groups is 4. The summed E-state index contributed by atoms with van der Waals surface area (Å²) in [4.78, 5) is 14.1. The van der Waals surface area contributed by atoms with Gasteiger partial charge in [-0.25, -0.2) is 15.1 Å². The number of rotatable bonds is 2. The maximum atomic E-state index is 10.5. The van der Waals surface area contributed by atoms with Gasteiger partial charge in [-0.1, -0.05) is 5.12 Å². The molecule has 12 heavy (non-hydrogen) atoms. The van der Waals surface area contributed by atoms with Crippen molar-refractivity contribution in [3.63, 3.8) is 0 Å². The number of nitrogens with one attached hydrogen (secondary N) is 2. The molecule has 0 amide bonds. The molecular formula is C4H10N6O2. The van der Waals surface area contributed by atoms with Gasteiger partial charge in [-0.2, -0.15) is 0 Å².